The summed E-state index contributed by atoms with van der Waals surface area (Å²) in [5.74, 6) is -0.931. The van der Waals surface area contributed by atoms with Crippen LogP contribution in [0.2, 0.25) is 0 Å². The van der Waals surface area contributed by atoms with Crippen molar-refractivity contribution >= 4 is 12.0 Å². The van der Waals surface area contributed by atoms with E-state index in [0.29, 0.717) is 19.5 Å². The summed E-state index contributed by atoms with van der Waals surface area (Å²) in [6.07, 6.45) is 5.64. The van der Waals surface area contributed by atoms with Crippen molar-refractivity contribution in [2.45, 2.75) is 38.8 Å². The summed E-state index contributed by atoms with van der Waals surface area (Å²) < 4.78 is 0. The number of aliphatic carboxylic acids is 1. The molecule has 0 aliphatic carbocycles. The first-order valence-corrected chi connectivity index (χ1v) is 6.76. The molecule has 6 nitrogen and oxygen atoms in total. The minimum Gasteiger partial charge on any atom is -0.480 e. The third kappa shape index (κ3) is 3.26. The Hall–Kier alpha value is -2.11. The number of hydrogen-bond acceptors (Lipinski definition) is 3. The Morgan fingerprint density at radius 3 is 3.00 bits per heavy atom. The van der Waals surface area contributed by atoms with Crippen LogP contribution in [0.5, 0.6) is 0 Å². The molecule has 0 spiro atoms. The minimum atomic E-state index is -0.931. The fraction of sp³-hybridized carbons (Fsp3) is 0.500. The summed E-state index contributed by atoms with van der Waals surface area (Å²) in [5.41, 5.74) is 1.98. The lowest BCUT2D eigenvalue weighted by atomic mass is 10.0. The molecule has 0 saturated carbocycles. The topological polar surface area (TPSA) is 82.5 Å². The van der Waals surface area contributed by atoms with Crippen molar-refractivity contribution in [2.24, 2.45) is 0 Å². The minimum absolute atomic E-state index is 0.312. The first kappa shape index (κ1) is 14.3. The Morgan fingerprint density at radius 2 is 2.30 bits per heavy atom. The van der Waals surface area contributed by atoms with Gasteiger partial charge in [0.25, 0.3) is 0 Å². The summed E-state index contributed by atoms with van der Waals surface area (Å²) in [4.78, 5) is 28.7. The van der Waals surface area contributed by atoms with Gasteiger partial charge in [0.05, 0.1) is 0 Å². The molecule has 1 aliphatic rings. The predicted molar refractivity (Wildman–Crippen MR) is 73.2 cm³/mol. The summed E-state index contributed by atoms with van der Waals surface area (Å²) in [6, 6.07) is 0.830. The molecule has 0 bridgehead atoms. The molecule has 20 heavy (non-hydrogen) atoms. The molecule has 2 rings (SSSR count). The Morgan fingerprint density at radius 1 is 1.50 bits per heavy atom. The molecule has 1 unspecified atom stereocenters. The standard InChI is InChI=1S/C14H19N3O3/c1-10-8-15-6-5-11(10)9-16-14(20)17-7-3-2-4-12(17)13(18)19/h5-6,8,12H,2-4,7,9H2,1H3,(H,16,20)(H,18,19). The number of likely N-dealkylation sites (tertiary alicyclic amines) is 1. The van der Waals surface area contributed by atoms with Crippen molar-refractivity contribution in [3.05, 3.63) is 29.6 Å². The van der Waals surface area contributed by atoms with Gasteiger partial charge in [-0.05, 0) is 43.4 Å². The van der Waals surface area contributed by atoms with Crippen LogP contribution in [0, 0.1) is 6.92 Å². The Balaban J connectivity index is 1.97. The second-order valence-electron chi connectivity index (χ2n) is 5.00. The average molecular weight is 277 g/mol. The Bertz CT molecular complexity index is 504. The lowest BCUT2D eigenvalue weighted by Gasteiger charge is -2.32. The van der Waals surface area contributed by atoms with Gasteiger partial charge in [0.15, 0.2) is 0 Å². The number of carbonyl (C=O) groups is 2. The summed E-state index contributed by atoms with van der Waals surface area (Å²) in [6.45, 7) is 2.81. The SMILES string of the molecule is Cc1cnccc1CNC(=O)N1CCCCC1C(=O)O. The van der Waals surface area contributed by atoms with Crippen molar-refractivity contribution in [1.82, 2.24) is 15.2 Å². The zero-order chi connectivity index (χ0) is 14.5. The maximum atomic E-state index is 12.1. The van der Waals surface area contributed by atoms with Crippen molar-refractivity contribution in [1.29, 1.82) is 0 Å². The molecular weight excluding hydrogens is 258 g/mol. The number of hydrogen-bond donors (Lipinski definition) is 2. The summed E-state index contributed by atoms with van der Waals surface area (Å²) in [5, 5.41) is 11.9. The molecule has 0 radical (unpaired) electrons. The van der Waals surface area contributed by atoms with E-state index in [1.54, 1.807) is 12.4 Å². The molecule has 1 aliphatic heterocycles. The molecule has 2 amide bonds. The van der Waals surface area contributed by atoms with E-state index in [9.17, 15) is 9.59 Å². The van der Waals surface area contributed by atoms with Gasteiger partial charge in [0, 0.05) is 25.5 Å². The second kappa shape index (κ2) is 6.36. The fourth-order valence-electron chi connectivity index (χ4n) is 2.40. The van der Waals surface area contributed by atoms with E-state index in [2.05, 4.69) is 10.3 Å². The van der Waals surface area contributed by atoms with Crippen LogP contribution in [0.25, 0.3) is 0 Å². The van der Waals surface area contributed by atoms with Crippen LogP contribution in [0.1, 0.15) is 30.4 Å². The van der Waals surface area contributed by atoms with Crippen LogP contribution in [0.4, 0.5) is 4.79 Å². The molecule has 1 fully saturated rings. The zero-order valence-corrected chi connectivity index (χ0v) is 11.5. The van der Waals surface area contributed by atoms with Crippen LogP contribution < -0.4 is 5.32 Å². The maximum absolute atomic E-state index is 12.1. The number of aromatic nitrogens is 1. The van der Waals surface area contributed by atoms with E-state index in [1.165, 1.54) is 4.90 Å². The Kier molecular flexibility index (Phi) is 4.55. The van der Waals surface area contributed by atoms with Crippen LogP contribution >= 0.6 is 0 Å². The Labute approximate surface area is 117 Å². The maximum Gasteiger partial charge on any atom is 0.326 e. The molecule has 0 aromatic carbocycles. The number of carboxylic acids is 1. The fourth-order valence-corrected chi connectivity index (χ4v) is 2.40. The number of urea groups is 1. The number of carboxylic acid groups (broad SMARTS) is 1. The van der Waals surface area contributed by atoms with Crippen LogP contribution in [0.15, 0.2) is 18.5 Å². The predicted octanol–water partition coefficient (Wildman–Crippen LogP) is 1.54. The van der Waals surface area contributed by atoms with Crippen LogP contribution in [-0.4, -0.2) is 39.6 Å². The molecule has 1 atom stereocenters. The van der Waals surface area contributed by atoms with Gasteiger partial charge in [0.1, 0.15) is 6.04 Å². The van der Waals surface area contributed by atoms with Crippen molar-refractivity contribution in [2.75, 3.05) is 6.54 Å². The number of pyridine rings is 1. The smallest absolute Gasteiger partial charge is 0.326 e. The quantitative estimate of drug-likeness (QED) is 0.878. The lowest BCUT2D eigenvalue weighted by molar-refractivity contribution is -0.143. The number of nitrogens with zero attached hydrogens (tertiary/aromatic N) is 2. The largest absolute Gasteiger partial charge is 0.480 e. The van der Waals surface area contributed by atoms with Crippen LogP contribution in [0.3, 0.4) is 0 Å². The molecule has 1 aromatic rings. The number of amides is 2. The molecule has 2 N–H and O–H groups in total. The molecule has 1 aromatic heterocycles. The second-order valence-corrected chi connectivity index (χ2v) is 5.00. The number of carbonyl (C=O) groups excluding carboxylic acids is 1. The van der Waals surface area contributed by atoms with Gasteiger partial charge in [-0.2, -0.15) is 0 Å². The highest BCUT2D eigenvalue weighted by Gasteiger charge is 2.31. The van der Waals surface area contributed by atoms with E-state index in [0.717, 1.165) is 24.0 Å². The first-order chi connectivity index (χ1) is 9.59. The van der Waals surface area contributed by atoms with E-state index < -0.39 is 12.0 Å². The number of piperidine rings is 1. The highest BCUT2D eigenvalue weighted by Crippen LogP contribution is 2.17. The summed E-state index contributed by atoms with van der Waals surface area (Å²) in [7, 11) is 0. The van der Waals surface area contributed by atoms with Gasteiger partial charge >= 0.3 is 12.0 Å². The van der Waals surface area contributed by atoms with Gasteiger partial charge in [-0.15, -0.1) is 0 Å². The molecular formula is C14H19N3O3. The highest BCUT2D eigenvalue weighted by molar-refractivity contribution is 5.82. The number of aryl methyl sites for hydroxylation is 1. The van der Waals surface area contributed by atoms with Crippen molar-refractivity contribution < 1.29 is 14.7 Å². The normalized spacial score (nSPS) is 18.6. The van der Waals surface area contributed by atoms with E-state index in [-0.39, 0.29) is 6.03 Å². The van der Waals surface area contributed by atoms with Gasteiger partial charge < -0.3 is 15.3 Å². The van der Waals surface area contributed by atoms with Crippen molar-refractivity contribution in [3.63, 3.8) is 0 Å². The average Bonchev–Trinajstić information content (AvgIpc) is 2.46. The molecule has 1 saturated heterocycles. The monoisotopic (exact) mass is 277 g/mol. The third-order valence-electron chi connectivity index (χ3n) is 3.62. The molecule has 108 valence electrons. The van der Waals surface area contributed by atoms with Gasteiger partial charge in [-0.1, -0.05) is 0 Å². The highest BCUT2D eigenvalue weighted by atomic mass is 16.4. The number of nitrogens with one attached hydrogen (secondary N) is 1. The number of rotatable bonds is 3. The zero-order valence-electron chi connectivity index (χ0n) is 11.5. The van der Waals surface area contributed by atoms with Gasteiger partial charge in [-0.3, -0.25) is 4.98 Å². The van der Waals surface area contributed by atoms with Crippen LogP contribution in [-0.2, 0) is 11.3 Å². The molecule has 2 heterocycles. The molecule has 6 heteroatoms. The van der Waals surface area contributed by atoms with Gasteiger partial charge in [0.2, 0.25) is 0 Å². The van der Waals surface area contributed by atoms with E-state index in [1.807, 2.05) is 13.0 Å². The third-order valence-corrected chi connectivity index (χ3v) is 3.62. The van der Waals surface area contributed by atoms with Crippen molar-refractivity contribution in [3.8, 4) is 0 Å². The summed E-state index contributed by atoms with van der Waals surface area (Å²) >= 11 is 0. The van der Waals surface area contributed by atoms with E-state index >= 15 is 0 Å². The van der Waals surface area contributed by atoms with E-state index in [4.69, 9.17) is 5.11 Å². The lowest BCUT2D eigenvalue weighted by Crippen LogP contribution is -2.51. The van der Waals surface area contributed by atoms with Gasteiger partial charge in [-0.25, -0.2) is 9.59 Å². The first-order valence-electron chi connectivity index (χ1n) is 6.76.